The van der Waals surface area contributed by atoms with Crippen molar-refractivity contribution in [1.29, 1.82) is 0 Å². The van der Waals surface area contributed by atoms with Crippen molar-refractivity contribution < 1.29 is 0 Å². The van der Waals surface area contributed by atoms with E-state index in [1.54, 1.807) is 92.9 Å². The second-order valence-electron chi connectivity index (χ2n) is 14.9. The Bertz CT molecular complexity index is 2950. The summed E-state index contributed by atoms with van der Waals surface area (Å²) in [5.74, 6) is 5.60. The zero-order valence-corrected chi connectivity index (χ0v) is 42.7. The molecule has 0 unspecified atom stereocenters. The molecule has 0 radical (unpaired) electrons. The Kier molecular flexibility index (Phi) is 22.2. The van der Waals surface area contributed by atoms with Gasteiger partial charge in [0, 0.05) is 53.9 Å². The molecule has 2 aromatic carbocycles. The van der Waals surface area contributed by atoms with Crippen molar-refractivity contribution in [1.82, 2.24) is 94.7 Å². The second-order valence-corrected chi connectivity index (χ2v) is 14.9. The minimum Gasteiger partial charge on any atom is -0.274 e. The van der Waals surface area contributed by atoms with Gasteiger partial charge in [-0.1, -0.05) is 40.8 Å². The van der Waals surface area contributed by atoms with E-state index in [1.807, 2.05) is 90.5 Å². The van der Waals surface area contributed by atoms with Crippen LogP contribution in [0, 0.1) is 27.7 Å². The molecular formula is C46H65N25. The maximum absolute atomic E-state index is 4.29. The zero-order valence-electron chi connectivity index (χ0n) is 42.7. The highest BCUT2D eigenvalue weighted by molar-refractivity contribution is 5.93. The number of pyridine rings is 1. The number of aryl methyl sites for hydroxylation is 4. The van der Waals surface area contributed by atoms with E-state index in [2.05, 4.69) is 122 Å². The molecule has 0 aliphatic carbocycles. The van der Waals surface area contributed by atoms with Crippen LogP contribution in [0.1, 0.15) is 71.5 Å². The summed E-state index contributed by atoms with van der Waals surface area (Å²) in [7, 11) is 10.4. The lowest BCUT2D eigenvalue weighted by molar-refractivity contribution is 0.755. The van der Waals surface area contributed by atoms with Crippen LogP contribution in [0.15, 0.2) is 110 Å². The monoisotopic (exact) mass is 968 g/mol. The first-order valence-corrected chi connectivity index (χ1v) is 21.6. The van der Waals surface area contributed by atoms with Gasteiger partial charge < -0.3 is 0 Å². The van der Waals surface area contributed by atoms with Crippen LogP contribution < -0.4 is 0 Å². The third kappa shape index (κ3) is 15.9. The van der Waals surface area contributed by atoms with Crippen molar-refractivity contribution >= 4 is 68.1 Å². The van der Waals surface area contributed by atoms with E-state index in [-0.39, 0.29) is 7.43 Å². The quantitative estimate of drug-likeness (QED) is 0.129. The predicted molar refractivity (Wildman–Crippen MR) is 283 cm³/mol. The molecule has 0 amide bonds. The summed E-state index contributed by atoms with van der Waals surface area (Å²) in [5.41, 5.74) is 8.09. The first-order chi connectivity index (χ1) is 33.6. The Hall–Kier alpha value is -8.77. The minimum absolute atomic E-state index is 0. The highest BCUT2D eigenvalue weighted by atomic mass is 15.6. The van der Waals surface area contributed by atoms with Crippen LogP contribution in [-0.2, 0) is 0 Å². The van der Waals surface area contributed by atoms with E-state index >= 15 is 0 Å². The third-order valence-corrected chi connectivity index (χ3v) is 9.92. The van der Waals surface area contributed by atoms with Gasteiger partial charge in [-0.2, -0.15) is 19.6 Å². The molecule has 0 bridgehead atoms. The SMILES string of the molecule is C.CN=C(C)n1ccnn1.CN=C(C)n1cncn1.CN=C(C)n1ncc2cc(C)ccc21.CN=C(C)n1nnc(C)n1.CN=C(C)n1nnc2cc(C)ccc21.CN=C(C)n1nnc2cc(C)cnc21. The first kappa shape index (κ1) is 56.6. The number of hydrogen-bond donors (Lipinski definition) is 0. The molecule has 0 aliphatic heterocycles. The largest absolute Gasteiger partial charge is 0.274 e. The molecule has 0 saturated heterocycles. The number of aromatic nitrogens is 19. The topological polar surface area (TPSA) is 271 Å². The highest BCUT2D eigenvalue weighted by Crippen LogP contribution is 2.15. The number of aliphatic imine (C=N–C) groups is 6. The molecule has 0 spiro atoms. The number of rotatable bonds is 0. The van der Waals surface area contributed by atoms with Gasteiger partial charge in [-0.3, -0.25) is 30.0 Å². The summed E-state index contributed by atoms with van der Waals surface area (Å²) in [6, 6.07) is 14.3. The summed E-state index contributed by atoms with van der Waals surface area (Å²) >= 11 is 0. The van der Waals surface area contributed by atoms with Crippen molar-refractivity contribution in [2.24, 2.45) is 30.0 Å². The van der Waals surface area contributed by atoms with E-state index < -0.39 is 0 Å². The zero-order chi connectivity index (χ0) is 51.3. The molecule has 0 saturated carbocycles. The Morgan fingerprint density at radius 2 is 1.07 bits per heavy atom. The number of hydrogen-bond acceptors (Lipinski definition) is 19. The molecule has 0 fully saturated rings. The summed E-state index contributed by atoms with van der Waals surface area (Å²) in [6.07, 6.45) is 10.1. The number of fused-ring (bicyclic) bond motifs is 3. The van der Waals surface area contributed by atoms with Gasteiger partial charge in [-0.15, -0.1) is 30.3 Å². The molecule has 0 N–H and O–H groups in total. The molecule has 9 rings (SSSR count). The lowest BCUT2D eigenvalue weighted by Crippen LogP contribution is -2.11. The average molecular weight is 968 g/mol. The third-order valence-electron chi connectivity index (χ3n) is 9.92. The van der Waals surface area contributed by atoms with Gasteiger partial charge >= 0.3 is 0 Å². The molecule has 7 heterocycles. The van der Waals surface area contributed by atoms with E-state index in [1.165, 1.54) is 22.3 Å². The van der Waals surface area contributed by atoms with Crippen LogP contribution in [0.5, 0.6) is 0 Å². The van der Waals surface area contributed by atoms with Crippen molar-refractivity contribution in [2.75, 3.05) is 42.3 Å². The van der Waals surface area contributed by atoms with Gasteiger partial charge in [-0.05, 0) is 116 Å². The fourth-order valence-electron chi connectivity index (χ4n) is 5.58. The van der Waals surface area contributed by atoms with Gasteiger partial charge in [0.15, 0.2) is 11.5 Å². The second kappa shape index (κ2) is 27.9. The van der Waals surface area contributed by atoms with Crippen molar-refractivity contribution in [3.8, 4) is 0 Å². The Morgan fingerprint density at radius 3 is 1.65 bits per heavy atom. The summed E-state index contributed by atoms with van der Waals surface area (Å²) in [6.45, 7) is 19.2. The van der Waals surface area contributed by atoms with Crippen LogP contribution >= 0.6 is 0 Å². The van der Waals surface area contributed by atoms with Crippen molar-refractivity contribution in [3.63, 3.8) is 0 Å². The smallest absolute Gasteiger partial charge is 0.185 e. The van der Waals surface area contributed by atoms with Gasteiger partial charge in [0.25, 0.3) is 0 Å². The maximum Gasteiger partial charge on any atom is 0.185 e. The molecule has 71 heavy (non-hydrogen) atoms. The molecule has 25 nitrogen and oxygen atoms in total. The van der Waals surface area contributed by atoms with Crippen LogP contribution in [0.25, 0.3) is 33.1 Å². The van der Waals surface area contributed by atoms with E-state index in [0.717, 1.165) is 73.7 Å². The molecule has 9 aromatic rings. The summed E-state index contributed by atoms with van der Waals surface area (Å²) < 4.78 is 8.46. The number of nitrogens with zero attached hydrogens (tertiary/aromatic N) is 25. The van der Waals surface area contributed by atoms with Crippen LogP contribution in [0.3, 0.4) is 0 Å². The molecule has 25 heteroatoms. The fraction of sp³-hybridized carbons (Fsp3) is 0.370. The van der Waals surface area contributed by atoms with Crippen LogP contribution in [0.4, 0.5) is 0 Å². The van der Waals surface area contributed by atoms with Gasteiger partial charge in [0.1, 0.15) is 58.7 Å². The molecule has 0 atom stereocenters. The van der Waals surface area contributed by atoms with E-state index in [0.29, 0.717) is 5.82 Å². The standard InChI is InChI=1S/C11H13N3.C10H12N4.C9H11N5.C5H9N5.2C5H8N4.CH4/c1-8-4-5-11-10(6-8)7-13-14(11)9(2)12-3;1-7-4-5-10-9(6-7)12-13-14(10)8(2)11-3;1-6-4-8-9(11-5-6)14(13-12-8)7(2)10-3;1-4-7-9-10(8-4)5(2)6-3;1-5(6-2)9-4-7-3-8-9;1-5(6-2)9-4-3-7-8-9;/h4-7H,1-3H3;4-6H,1-3H3;4-5H,1-3H3;1-3H3;2*3-4H,1-2H3;1H4. The van der Waals surface area contributed by atoms with Crippen LogP contribution in [-0.4, -0.2) is 172 Å². The normalized spacial score (nSPS) is 12.1. The van der Waals surface area contributed by atoms with Gasteiger partial charge in [0.05, 0.1) is 29.6 Å². The van der Waals surface area contributed by atoms with Gasteiger partial charge in [0.2, 0.25) is 0 Å². The molecule has 374 valence electrons. The minimum atomic E-state index is 0. The highest BCUT2D eigenvalue weighted by Gasteiger charge is 2.08. The first-order valence-electron chi connectivity index (χ1n) is 21.6. The Morgan fingerprint density at radius 1 is 0.507 bits per heavy atom. The number of benzene rings is 2. The van der Waals surface area contributed by atoms with E-state index in [4.69, 9.17) is 0 Å². The lowest BCUT2D eigenvalue weighted by Gasteiger charge is -2.01. The Labute approximate surface area is 413 Å². The number of tetrazole rings is 1. The molecule has 7 aromatic heterocycles. The summed E-state index contributed by atoms with van der Waals surface area (Å²) in [5, 5.41) is 44.1. The fourth-order valence-corrected chi connectivity index (χ4v) is 5.58. The van der Waals surface area contributed by atoms with Crippen molar-refractivity contribution in [3.05, 3.63) is 102 Å². The lowest BCUT2D eigenvalue weighted by atomic mass is 10.2. The summed E-state index contributed by atoms with van der Waals surface area (Å²) in [4.78, 5) is 33.4. The van der Waals surface area contributed by atoms with Gasteiger partial charge in [-0.25, -0.2) is 24.0 Å². The molecule has 0 aliphatic rings. The van der Waals surface area contributed by atoms with E-state index in [9.17, 15) is 0 Å². The Balaban J connectivity index is 0.000000227. The van der Waals surface area contributed by atoms with Crippen molar-refractivity contribution in [2.45, 2.75) is 76.7 Å². The maximum atomic E-state index is 4.29. The molecular weight excluding hydrogens is 903 g/mol. The average Bonchev–Trinajstić information content (AvgIpc) is 4.25. The van der Waals surface area contributed by atoms with Crippen LogP contribution in [0.2, 0.25) is 0 Å². The predicted octanol–water partition coefficient (Wildman–Crippen LogP) is 5.77.